The number of hydrogen-bond acceptors (Lipinski definition) is 3. The number of hydrogen-bond donors (Lipinski definition) is 2. The maximum atomic E-state index is 13.9. The first kappa shape index (κ1) is 16.6. The molecule has 20 heavy (non-hydrogen) atoms. The van der Waals surface area contributed by atoms with Gasteiger partial charge in [-0.3, -0.25) is 9.69 Å². The molecule has 5 heteroatoms. The molecule has 3 N–H and O–H groups in total. The molecule has 0 bridgehead atoms. The Morgan fingerprint density at radius 2 is 2.05 bits per heavy atom. The van der Waals surface area contributed by atoms with Crippen molar-refractivity contribution < 1.29 is 14.3 Å². The second-order valence-corrected chi connectivity index (χ2v) is 4.83. The van der Waals surface area contributed by atoms with E-state index in [1.165, 1.54) is 18.2 Å². The minimum Gasteiger partial charge on any atom is -0.395 e. The predicted molar refractivity (Wildman–Crippen MR) is 76.8 cm³/mol. The zero-order valence-electron chi connectivity index (χ0n) is 12.1. The van der Waals surface area contributed by atoms with Crippen LogP contribution in [-0.2, 0) is 6.54 Å². The SMILES string of the molecule is CCC(CC)N(CCO)Cc1cc(C(N)=O)ccc1F. The van der Waals surface area contributed by atoms with Crippen molar-refractivity contribution in [3.63, 3.8) is 0 Å². The highest BCUT2D eigenvalue weighted by atomic mass is 19.1. The van der Waals surface area contributed by atoms with Gasteiger partial charge in [0.25, 0.3) is 0 Å². The van der Waals surface area contributed by atoms with Crippen LogP contribution in [0.3, 0.4) is 0 Å². The van der Waals surface area contributed by atoms with Crippen LogP contribution in [-0.4, -0.2) is 35.1 Å². The van der Waals surface area contributed by atoms with Crippen molar-refractivity contribution in [1.82, 2.24) is 4.90 Å². The number of amides is 1. The molecule has 0 aliphatic heterocycles. The van der Waals surface area contributed by atoms with Crippen molar-refractivity contribution in [3.8, 4) is 0 Å². The van der Waals surface area contributed by atoms with Gasteiger partial charge in [0.1, 0.15) is 5.82 Å². The van der Waals surface area contributed by atoms with E-state index < -0.39 is 5.91 Å². The third kappa shape index (κ3) is 4.28. The zero-order valence-corrected chi connectivity index (χ0v) is 12.1. The number of nitrogens with zero attached hydrogens (tertiary/aromatic N) is 1. The molecular weight excluding hydrogens is 259 g/mol. The highest BCUT2D eigenvalue weighted by Gasteiger charge is 2.17. The van der Waals surface area contributed by atoms with E-state index in [1.807, 2.05) is 4.90 Å². The summed E-state index contributed by atoms with van der Waals surface area (Å²) < 4.78 is 13.9. The lowest BCUT2D eigenvalue weighted by Crippen LogP contribution is -2.36. The number of carbonyl (C=O) groups excluding carboxylic acids is 1. The van der Waals surface area contributed by atoms with Crippen molar-refractivity contribution in [2.45, 2.75) is 39.3 Å². The fourth-order valence-electron chi connectivity index (χ4n) is 2.39. The van der Waals surface area contributed by atoms with E-state index in [2.05, 4.69) is 13.8 Å². The van der Waals surface area contributed by atoms with Crippen LogP contribution in [0.1, 0.15) is 42.6 Å². The molecular formula is C15H23FN2O2. The molecule has 0 aromatic heterocycles. The Hall–Kier alpha value is -1.46. The second-order valence-electron chi connectivity index (χ2n) is 4.83. The molecule has 0 heterocycles. The average Bonchev–Trinajstić information content (AvgIpc) is 2.42. The van der Waals surface area contributed by atoms with Crippen molar-refractivity contribution in [1.29, 1.82) is 0 Å². The van der Waals surface area contributed by atoms with E-state index in [0.717, 1.165) is 12.8 Å². The van der Waals surface area contributed by atoms with Crippen LogP contribution in [0.2, 0.25) is 0 Å². The van der Waals surface area contributed by atoms with Gasteiger partial charge in [0.05, 0.1) is 6.61 Å². The largest absolute Gasteiger partial charge is 0.395 e. The van der Waals surface area contributed by atoms with Crippen LogP contribution < -0.4 is 5.73 Å². The quantitative estimate of drug-likeness (QED) is 0.765. The molecule has 0 spiro atoms. The van der Waals surface area contributed by atoms with Gasteiger partial charge in [-0.2, -0.15) is 0 Å². The van der Waals surface area contributed by atoms with E-state index >= 15 is 0 Å². The Morgan fingerprint density at radius 3 is 2.55 bits per heavy atom. The smallest absolute Gasteiger partial charge is 0.248 e. The summed E-state index contributed by atoms with van der Waals surface area (Å²) in [5.41, 5.74) is 5.95. The Bertz CT molecular complexity index is 447. The maximum absolute atomic E-state index is 13.9. The zero-order chi connectivity index (χ0) is 15.1. The van der Waals surface area contributed by atoms with Gasteiger partial charge in [0, 0.05) is 30.3 Å². The summed E-state index contributed by atoms with van der Waals surface area (Å²) in [4.78, 5) is 13.2. The van der Waals surface area contributed by atoms with Crippen LogP contribution in [0.4, 0.5) is 4.39 Å². The Morgan fingerprint density at radius 1 is 1.40 bits per heavy atom. The van der Waals surface area contributed by atoms with Crippen LogP contribution in [0.25, 0.3) is 0 Å². The Balaban J connectivity index is 2.97. The van der Waals surface area contributed by atoms with Crippen molar-refractivity contribution in [2.24, 2.45) is 5.73 Å². The molecule has 4 nitrogen and oxygen atoms in total. The van der Waals surface area contributed by atoms with E-state index in [0.29, 0.717) is 24.2 Å². The lowest BCUT2D eigenvalue weighted by atomic mass is 10.1. The van der Waals surface area contributed by atoms with Crippen LogP contribution in [0.15, 0.2) is 18.2 Å². The summed E-state index contributed by atoms with van der Waals surface area (Å²) in [6.45, 7) is 4.99. The van der Waals surface area contributed by atoms with Gasteiger partial charge >= 0.3 is 0 Å². The summed E-state index contributed by atoms with van der Waals surface area (Å²) in [6, 6.07) is 4.41. The van der Waals surface area contributed by atoms with Gasteiger partial charge in [-0.15, -0.1) is 0 Å². The fraction of sp³-hybridized carbons (Fsp3) is 0.533. The number of carbonyl (C=O) groups is 1. The normalized spacial score (nSPS) is 11.3. The Labute approximate surface area is 119 Å². The summed E-state index contributed by atoms with van der Waals surface area (Å²) in [5.74, 6) is -0.925. The molecule has 1 rings (SSSR count). The number of benzene rings is 1. The van der Waals surface area contributed by atoms with Crippen LogP contribution >= 0.6 is 0 Å². The van der Waals surface area contributed by atoms with E-state index in [4.69, 9.17) is 10.8 Å². The van der Waals surface area contributed by atoms with Gasteiger partial charge in [0.15, 0.2) is 0 Å². The van der Waals surface area contributed by atoms with Gasteiger partial charge in [0.2, 0.25) is 5.91 Å². The highest BCUT2D eigenvalue weighted by Crippen LogP contribution is 2.17. The van der Waals surface area contributed by atoms with Gasteiger partial charge in [-0.1, -0.05) is 13.8 Å². The molecule has 0 aliphatic rings. The van der Waals surface area contributed by atoms with E-state index in [1.54, 1.807) is 0 Å². The monoisotopic (exact) mass is 282 g/mol. The average molecular weight is 282 g/mol. The minimum atomic E-state index is -0.567. The molecule has 1 amide bonds. The topological polar surface area (TPSA) is 66.6 Å². The fourth-order valence-corrected chi connectivity index (χ4v) is 2.39. The predicted octanol–water partition coefficient (Wildman–Crippen LogP) is 1.91. The van der Waals surface area contributed by atoms with Crippen LogP contribution in [0.5, 0.6) is 0 Å². The van der Waals surface area contributed by atoms with Crippen LogP contribution in [0, 0.1) is 5.82 Å². The number of halogens is 1. The number of aliphatic hydroxyl groups excluding tert-OH is 1. The Kier molecular flexibility index (Phi) is 6.61. The molecule has 0 saturated heterocycles. The second kappa shape index (κ2) is 7.97. The first-order valence-corrected chi connectivity index (χ1v) is 6.96. The van der Waals surface area contributed by atoms with Gasteiger partial charge in [-0.25, -0.2) is 4.39 Å². The standard InChI is InChI=1S/C15H23FN2O2/c1-3-13(4-2)18(7-8-19)10-12-9-11(15(17)20)5-6-14(12)16/h5-6,9,13,19H,3-4,7-8,10H2,1-2H3,(H2,17,20). The highest BCUT2D eigenvalue weighted by molar-refractivity contribution is 5.92. The lowest BCUT2D eigenvalue weighted by Gasteiger charge is -2.30. The van der Waals surface area contributed by atoms with Crippen molar-refractivity contribution >= 4 is 5.91 Å². The third-order valence-electron chi connectivity index (χ3n) is 3.55. The summed E-state index contributed by atoms with van der Waals surface area (Å²) >= 11 is 0. The molecule has 0 unspecified atom stereocenters. The third-order valence-corrected chi connectivity index (χ3v) is 3.55. The summed E-state index contributed by atoms with van der Waals surface area (Å²) in [5, 5.41) is 9.16. The molecule has 0 aliphatic carbocycles. The number of aliphatic hydroxyl groups is 1. The molecule has 0 radical (unpaired) electrons. The molecule has 112 valence electrons. The van der Waals surface area contributed by atoms with E-state index in [-0.39, 0.29) is 18.5 Å². The maximum Gasteiger partial charge on any atom is 0.248 e. The molecule has 1 aromatic rings. The molecule has 0 saturated carbocycles. The first-order chi connectivity index (χ1) is 9.53. The molecule has 1 aromatic carbocycles. The van der Waals surface area contributed by atoms with Crippen molar-refractivity contribution in [2.75, 3.05) is 13.2 Å². The first-order valence-electron chi connectivity index (χ1n) is 6.96. The number of primary amides is 1. The minimum absolute atomic E-state index is 0.0215. The molecule has 0 atom stereocenters. The summed E-state index contributed by atoms with van der Waals surface area (Å²) in [7, 11) is 0. The van der Waals surface area contributed by atoms with Gasteiger partial charge < -0.3 is 10.8 Å². The number of rotatable bonds is 8. The van der Waals surface area contributed by atoms with E-state index in [9.17, 15) is 9.18 Å². The molecule has 0 fully saturated rings. The van der Waals surface area contributed by atoms with Gasteiger partial charge in [-0.05, 0) is 31.0 Å². The van der Waals surface area contributed by atoms with Crippen molar-refractivity contribution in [3.05, 3.63) is 35.1 Å². The summed E-state index contributed by atoms with van der Waals surface area (Å²) in [6.07, 6.45) is 1.85. The number of nitrogens with two attached hydrogens (primary N) is 1. The lowest BCUT2D eigenvalue weighted by molar-refractivity contribution is 0.0999.